The fourth-order valence-corrected chi connectivity index (χ4v) is 3.87. The molecule has 31 heavy (non-hydrogen) atoms. The maximum absolute atomic E-state index is 12.3. The molecule has 0 atom stereocenters. The summed E-state index contributed by atoms with van der Waals surface area (Å²) >= 11 is 7.36. The van der Waals surface area contributed by atoms with Crippen LogP contribution in [0, 0.1) is 6.92 Å². The highest BCUT2D eigenvalue weighted by Crippen LogP contribution is 2.31. The second-order valence-corrected chi connectivity index (χ2v) is 8.20. The third-order valence-corrected chi connectivity index (χ3v) is 5.60. The van der Waals surface area contributed by atoms with Gasteiger partial charge in [0.1, 0.15) is 5.75 Å². The highest BCUT2D eigenvalue weighted by atomic mass is 35.5. The summed E-state index contributed by atoms with van der Waals surface area (Å²) in [6.45, 7) is 1.92. The Labute approximate surface area is 188 Å². The van der Waals surface area contributed by atoms with E-state index < -0.39 is 5.97 Å². The Balaban J connectivity index is 1.45. The lowest BCUT2D eigenvalue weighted by Gasteiger charge is -2.05. The summed E-state index contributed by atoms with van der Waals surface area (Å²) in [5.74, 6) is -0.218. The number of ether oxygens (including phenoxy) is 1. The summed E-state index contributed by atoms with van der Waals surface area (Å²) in [5.41, 5.74) is 2.87. The third-order valence-electron chi connectivity index (χ3n) is 4.37. The summed E-state index contributed by atoms with van der Waals surface area (Å²) in [6.07, 6.45) is 1.75. The molecule has 1 amide bonds. The number of nitrogens with zero attached hydrogens (tertiary/aromatic N) is 1. The monoisotopic (exact) mass is 448 g/mol. The number of nitrogens with one attached hydrogen (secondary N) is 1. The molecular weight excluding hydrogens is 432 g/mol. The number of carbonyl (C=O) groups excluding carboxylic acids is 2. The minimum atomic E-state index is -0.416. The Kier molecular flexibility index (Phi) is 6.21. The second kappa shape index (κ2) is 9.20. The van der Waals surface area contributed by atoms with Crippen LogP contribution in [0.15, 0.2) is 82.7 Å². The van der Waals surface area contributed by atoms with Gasteiger partial charge >= 0.3 is 5.97 Å². The van der Waals surface area contributed by atoms with E-state index in [1.54, 1.807) is 54.6 Å². The number of aryl methyl sites for hydroxylation is 1. The van der Waals surface area contributed by atoms with E-state index in [0.717, 1.165) is 11.1 Å². The van der Waals surface area contributed by atoms with Crippen molar-refractivity contribution in [3.8, 4) is 5.75 Å². The van der Waals surface area contributed by atoms with Crippen molar-refractivity contribution in [2.24, 2.45) is 4.99 Å². The maximum Gasteiger partial charge on any atom is 0.343 e. The Morgan fingerprint density at radius 3 is 2.58 bits per heavy atom. The quantitative estimate of drug-likeness (QED) is 0.313. The summed E-state index contributed by atoms with van der Waals surface area (Å²) < 4.78 is 5.42. The van der Waals surface area contributed by atoms with Crippen molar-refractivity contribution in [1.29, 1.82) is 0 Å². The number of esters is 1. The summed E-state index contributed by atoms with van der Waals surface area (Å²) in [6, 6.07) is 21.3. The molecule has 3 aromatic rings. The van der Waals surface area contributed by atoms with Crippen LogP contribution in [-0.2, 0) is 4.79 Å². The molecular formula is C24H17ClN2O3S. The minimum Gasteiger partial charge on any atom is -0.423 e. The lowest BCUT2D eigenvalue weighted by molar-refractivity contribution is -0.115. The standard InChI is InChI=1S/C24H17ClN2O3S/c1-15-5-4-6-17(13-15)23(29)30-18-11-9-16(10-12-18)14-21-22(28)27-24(31-21)26-20-8-3-2-7-19(20)25/h2-14H,1H3,(H,26,27,28)/b21-14-. The number of carbonyl (C=O) groups is 2. The molecule has 7 heteroatoms. The van der Waals surface area contributed by atoms with E-state index in [1.165, 1.54) is 11.8 Å². The first kappa shape index (κ1) is 20.9. The van der Waals surface area contributed by atoms with E-state index in [2.05, 4.69) is 10.3 Å². The fourth-order valence-electron chi connectivity index (χ4n) is 2.85. The molecule has 0 unspecified atom stereocenters. The van der Waals surface area contributed by atoms with Crippen LogP contribution in [0.25, 0.3) is 6.08 Å². The topological polar surface area (TPSA) is 67.8 Å². The first-order chi connectivity index (χ1) is 15.0. The van der Waals surface area contributed by atoms with Crippen molar-refractivity contribution in [2.75, 3.05) is 0 Å². The van der Waals surface area contributed by atoms with Crippen molar-refractivity contribution in [3.05, 3.63) is 99.4 Å². The predicted octanol–water partition coefficient (Wildman–Crippen LogP) is 5.76. The van der Waals surface area contributed by atoms with Gasteiger partial charge in [-0.05, 0) is 66.7 Å². The zero-order valence-corrected chi connectivity index (χ0v) is 18.0. The number of amides is 1. The molecule has 1 N–H and O–H groups in total. The van der Waals surface area contributed by atoms with E-state index in [9.17, 15) is 9.59 Å². The molecule has 0 saturated carbocycles. The molecule has 1 aliphatic rings. The zero-order valence-electron chi connectivity index (χ0n) is 16.5. The Morgan fingerprint density at radius 1 is 1.06 bits per heavy atom. The van der Waals surface area contributed by atoms with Crippen molar-refractivity contribution < 1.29 is 14.3 Å². The maximum atomic E-state index is 12.3. The Morgan fingerprint density at radius 2 is 1.84 bits per heavy atom. The van der Waals surface area contributed by atoms with Gasteiger partial charge in [0.05, 0.1) is 21.2 Å². The van der Waals surface area contributed by atoms with Gasteiger partial charge in [0.2, 0.25) is 0 Å². The number of halogens is 1. The van der Waals surface area contributed by atoms with Gasteiger partial charge < -0.3 is 10.1 Å². The van der Waals surface area contributed by atoms with Crippen LogP contribution >= 0.6 is 23.4 Å². The van der Waals surface area contributed by atoms with E-state index >= 15 is 0 Å². The highest BCUT2D eigenvalue weighted by Gasteiger charge is 2.24. The van der Waals surface area contributed by atoms with Crippen molar-refractivity contribution in [2.45, 2.75) is 6.92 Å². The zero-order chi connectivity index (χ0) is 21.8. The molecule has 1 fully saturated rings. The van der Waals surface area contributed by atoms with Gasteiger partial charge in [-0.25, -0.2) is 9.79 Å². The first-order valence-electron chi connectivity index (χ1n) is 9.41. The normalized spacial score (nSPS) is 15.9. The number of benzene rings is 3. The smallest absolute Gasteiger partial charge is 0.343 e. The molecule has 3 aromatic carbocycles. The van der Waals surface area contributed by atoms with Crippen molar-refractivity contribution in [1.82, 2.24) is 5.32 Å². The molecule has 0 spiro atoms. The summed E-state index contributed by atoms with van der Waals surface area (Å²) in [5, 5.41) is 3.72. The SMILES string of the molecule is Cc1cccc(C(=O)Oc2ccc(/C=C3\SC(=Nc4ccccc4Cl)NC3=O)cc2)c1. The average molecular weight is 449 g/mol. The van der Waals surface area contributed by atoms with E-state index in [0.29, 0.717) is 32.1 Å². The average Bonchev–Trinajstić information content (AvgIpc) is 3.10. The van der Waals surface area contributed by atoms with Gasteiger partial charge in [-0.3, -0.25) is 4.79 Å². The third kappa shape index (κ3) is 5.23. The van der Waals surface area contributed by atoms with Crippen molar-refractivity contribution >= 4 is 52.2 Å². The van der Waals surface area contributed by atoms with Crippen LogP contribution in [0.2, 0.25) is 5.02 Å². The van der Waals surface area contributed by atoms with Crippen LogP contribution in [0.4, 0.5) is 5.69 Å². The Hall–Kier alpha value is -3.35. The van der Waals surface area contributed by atoms with Gasteiger partial charge in [-0.2, -0.15) is 0 Å². The lowest BCUT2D eigenvalue weighted by Crippen LogP contribution is -2.19. The number of hydrogen-bond acceptors (Lipinski definition) is 5. The van der Waals surface area contributed by atoms with Crippen LogP contribution < -0.4 is 10.1 Å². The molecule has 1 saturated heterocycles. The predicted molar refractivity (Wildman–Crippen MR) is 125 cm³/mol. The number of rotatable bonds is 4. The largest absolute Gasteiger partial charge is 0.423 e. The van der Waals surface area contributed by atoms with Crippen LogP contribution in [0.3, 0.4) is 0 Å². The lowest BCUT2D eigenvalue weighted by atomic mass is 10.1. The van der Waals surface area contributed by atoms with Gasteiger partial charge in [0.15, 0.2) is 5.17 Å². The number of thioether (sulfide) groups is 1. The minimum absolute atomic E-state index is 0.231. The summed E-state index contributed by atoms with van der Waals surface area (Å²) in [4.78, 5) is 29.5. The number of amidine groups is 1. The molecule has 154 valence electrons. The van der Waals surface area contributed by atoms with Gasteiger partial charge in [0.25, 0.3) is 5.91 Å². The molecule has 0 radical (unpaired) electrons. The molecule has 4 rings (SSSR count). The molecule has 0 bridgehead atoms. The van der Waals surface area contributed by atoms with E-state index in [4.69, 9.17) is 16.3 Å². The molecule has 1 aliphatic heterocycles. The van der Waals surface area contributed by atoms with Gasteiger partial charge in [0, 0.05) is 0 Å². The molecule has 0 aromatic heterocycles. The molecule has 5 nitrogen and oxygen atoms in total. The highest BCUT2D eigenvalue weighted by molar-refractivity contribution is 8.18. The second-order valence-electron chi connectivity index (χ2n) is 6.76. The van der Waals surface area contributed by atoms with Crippen LogP contribution in [0.5, 0.6) is 5.75 Å². The fraction of sp³-hybridized carbons (Fsp3) is 0.0417. The number of hydrogen-bond donors (Lipinski definition) is 1. The first-order valence-corrected chi connectivity index (χ1v) is 10.6. The number of para-hydroxylation sites is 1. The van der Waals surface area contributed by atoms with E-state index in [1.807, 2.05) is 31.2 Å². The summed E-state index contributed by atoms with van der Waals surface area (Å²) in [7, 11) is 0. The molecule has 0 aliphatic carbocycles. The van der Waals surface area contributed by atoms with E-state index in [-0.39, 0.29) is 5.91 Å². The van der Waals surface area contributed by atoms with Gasteiger partial charge in [-0.1, -0.05) is 53.6 Å². The van der Waals surface area contributed by atoms with Crippen LogP contribution in [-0.4, -0.2) is 17.0 Å². The van der Waals surface area contributed by atoms with Gasteiger partial charge in [-0.15, -0.1) is 0 Å². The molecule has 1 heterocycles. The Bertz CT molecular complexity index is 1220. The number of aliphatic imine (C=N–C) groups is 1. The van der Waals surface area contributed by atoms with Crippen LogP contribution in [0.1, 0.15) is 21.5 Å². The van der Waals surface area contributed by atoms with Crippen molar-refractivity contribution in [3.63, 3.8) is 0 Å².